The Morgan fingerprint density at radius 3 is 2.60 bits per heavy atom. The number of anilines is 1. The van der Waals surface area contributed by atoms with Gasteiger partial charge in [0.1, 0.15) is 11.9 Å². The molecule has 3 fully saturated rings. The number of nitrogens with one attached hydrogen (secondary N) is 2. The first-order chi connectivity index (χ1) is 22.6. The SMILES string of the molecule is COC(=O)NC(C(=O)Nc1cccc(F)c1CCC1CN(C)C2CCCS(=O)(=O)N1C2)C(CCC1CCCCO1)c1ccc(Cl)cc1. The Hall–Kier alpha value is -2.77. The molecule has 3 saturated heterocycles. The first-order valence-corrected chi connectivity index (χ1v) is 18.5. The van der Waals surface area contributed by atoms with E-state index < -0.39 is 39.8 Å². The highest BCUT2D eigenvalue weighted by Gasteiger charge is 2.40. The van der Waals surface area contributed by atoms with E-state index in [4.69, 9.17) is 21.1 Å². The molecule has 3 aliphatic rings. The topological polar surface area (TPSA) is 117 Å². The van der Waals surface area contributed by atoms with Crippen molar-refractivity contribution in [2.75, 3.05) is 44.9 Å². The monoisotopic (exact) mass is 692 g/mol. The lowest BCUT2D eigenvalue weighted by Crippen LogP contribution is -2.57. The van der Waals surface area contributed by atoms with Crippen LogP contribution in [0.25, 0.3) is 0 Å². The smallest absolute Gasteiger partial charge is 0.407 e. The largest absolute Gasteiger partial charge is 0.453 e. The predicted octanol–water partition coefficient (Wildman–Crippen LogP) is 5.32. The van der Waals surface area contributed by atoms with Crippen LogP contribution in [0.2, 0.25) is 5.02 Å². The number of ether oxygens (including phenoxy) is 2. The molecule has 0 aliphatic carbocycles. The summed E-state index contributed by atoms with van der Waals surface area (Å²) in [5.41, 5.74) is 1.37. The third kappa shape index (κ3) is 9.03. The summed E-state index contributed by atoms with van der Waals surface area (Å²) in [7, 11) is -0.171. The highest BCUT2D eigenvalue weighted by atomic mass is 35.5. The zero-order chi connectivity index (χ0) is 33.6. The number of rotatable bonds is 11. The van der Waals surface area contributed by atoms with Gasteiger partial charge in [-0.3, -0.25) is 4.79 Å². The van der Waals surface area contributed by atoms with Crippen molar-refractivity contribution in [2.24, 2.45) is 0 Å². The van der Waals surface area contributed by atoms with Crippen molar-refractivity contribution in [1.82, 2.24) is 14.5 Å². The van der Waals surface area contributed by atoms with Gasteiger partial charge in [0.25, 0.3) is 0 Å². The number of hydrogen-bond donors (Lipinski definition) is 2. The summed E-state index contributed by atoms with van der Waals surface area (Å²) in [5.74, 6) is -1.37. The van der Waals surface area contributed by atoms with E-state index in [2.05, 4.69) is 15.5 Å². The number of piperazine rings is 1. The van der Waals surface area contributed by atoms with E-state index in [9.17, 15) is 18.0 Å². The zero-order valence-corrected chi connectivity index (χ0v) is 28.7. The molecule has 0 saturated carbocycles. The fraction of sp³-hybridized carbons (Fsp3) is 0.588. The number of amides is 2. The van der Waals surface area contributed by atoms with Crippen molar-refractivity contribution in [3.05, 3.63) is 64.4 Å². The minimum Gasteiger partial charge on any atom is -0.453 e. The summed E-state index contributed by atoms with van der Waals surface area (Å²) in [6, 6.07) is 10.4. The molecule has 6 atom stereocenters. The van der Waals surface area contributed by atoms with Gasteiger partial charge in [0.2, 0.25) is 15.9 Å². The molecule has 0 aromatic heterocycles. The molecule has 3 heterocycles. The number of methoxy groups -OCH3 is 1. The summed E-state index contributed by atoms with van der Waals surface area (Å²) < 4.78 is 54.1. The second-order valence-electron chi connectivity index (χ2n) is 12.9. The third-order valence-corrected chi connectivity index (χ3v) is 12.1. The Morgan fingerprint density at radius 1 is 1.09 bits per heavy atom. The summed E-state index contributed by atoms with van der Waals surface area (Å²) in [5, 5.41) is 6.17. The molecule has 5 rings (SSSR count). The number of benzene rings is 2. The van der Waals surface area contributed by atoms with Gasteiger partial charge in [0.05, 0.1) is 19.0 Å². The van der Waals surface area contributed by atoms with Crippen LogP contribution in [0.3, 0.4) is 0 Å². The lowest BCUT2D eigenvalue weighted by Gasteiger charge is -2.42. The second-order valence-corrected chi connectivity index (χ2v) is 15.4. The van der Waals surface area contributed by atoms with E-state index in [0.717, 1.165) is 31.2 Å². The van der Waals surface area contributed by atoms with Crippen LogP contribution in [0.5, 0.6) is 0 Å². The highest BCUT2D eigenvalue weighted by Crippen LogP contribution is 2.32. The fourth-order valence-electron chi connectivity index (χ4n) is 7.20. The number of fused-ring (bicyclic) bond motifs is 2. The van der Waals surface area contributed by atoms with Crippen molar-refractivity contribution < 1.29 is 31.9 Å². The molecule has 258 valence electrons. The number of carbonyl (C=O) groups is 2. The quantitative estimate of drug-likeness (QED) is 0.328. The minimum atomic E-state index is -3.41. The van der Waals surface area contributed by atoms with E-state index in [1.165, 1.54) is 19.2 Å². The molecule has 2 amide bonds. The first-order valence-electron chi connectivity index (χ1n) is 16.5. The molecular weight excluding hydrogens is 647 g/mol. The molecule has 13 heteroatoms. The van der Waals surface area contributed by atoms with Crippen LogP contribution in [-0.2, 0) is 30.7 Å². The van der Waals surface area contributed by atoms with Crippen molar-refractivity contribution in [2.45, 2.75) is 87.9 Å². The molecular formula is C34H46ClFN4O6S. The van der Waals surface area contributed by atoms with Gasteiger partial charge in [0, 0.05) is 54.0 Å². The van der Waals surface area contributed by atoms with Crippen LogP contribution in [0.4, 0.5) is 14.9 Å². The Labute approximate surface area is 282 Å². The fourth-order valence-corrected chi connectivity index (χ4v) is 9.11. The maximum Gasteiger partial charge on any atom is 0.407 e. The summed E-state index contributed by atoms with van der Waals surface area (Å²) in [4.78, 5) is 28.9. The normalized spacial score (nSPS) is 25.6. The average molecular weight is 693 g/mol. The summed E-state index contributed by atoms with van der Waals surface area (Å²) in [6.45, 7) is 1.69. The van der Waals surface area contributed by atoms with Gasteiger partial charge < -0.3 is 25.0 Å². The zero-order valence-electron chi connectivity index (χ0n) is 27.1. The molecule has 6 unspecified atom stereocenters. The maximum atomic E-state index is 15.4. The van der Waals surface area contributed by atoms with Crippen LogP contribution < -0.4 is 10.6 Å². The highest BCUT2D eigenvalue weighted by molar-refractivity contribution is 7.89. The van der Waals surface area contributed by atoms with Gasteiger partial charge in [-0.2, -0.15) is 4.31 Å². The van der Waals surface area contributed by atoms with Gasteiger partial charge in [-0.15, -0.1) is 0 Å². The standard InChI is InChI=1S/C34H46ClFN4O6S/c1-39-21-26(40-22-25(39)7-6-20-47(40,43)44)15-17-29-30(36)9-5-10-31(29)37-33(41)32(38-34(42)45-2)28(23-11-13-24(35)14-12-23)18-16-27-8-3-4-19-46-27/h5,9-14,25-28,32H,3-4,6-8,15-22H2,1-2H3,(H,37,41)(H,38,42). The van der Waals surface area contributed by atoms with E-state index in [0.29, 0.717) is 50.4 Å². The lowest BCUT2D eigenvalue weighted by atomic mass is 9.85. The van der Waals surface area contributed by atoms with Crippen LogP contribution >= 0.6 is 11.6 Å². The Kier molecular flexibility index (Phi) is 12.2. The number of carbonyl (C=O) groups excluding carboxylic acids is 2. The number of alkyl carbamates (subject to hydrolysis) is 1. The van der Waals surface area contributed by atoms with Crippen LogP contribution in [0, 0.1) is 5.82 Å². The van der Waals surface area contributed by atoms with Gasteiger partial charge in [-0.05, 0) is 94.7 Å². The van der Waals surface area contributed by atoms with Gasteiger partial charge >= 0.3 is 6.09 Å². The van der Waals surface area contributed by atoms with Gasteiger partial charge in [-0.25, -0.2) is 17.6 Å². The van der Waals surface area contributed by atoms with E-state index >= 15 is 4.39 Å². The molecule has 2 N–H and O–H groups in total. The Bertz CT molecular complexity index is 1490. The molecule has 2 aromatic rings. The average Bonchev–Trinajstić information content (AvgIpc) is 3.19. The van der Waals surface area contributed by atoms with Crippen LogP contribution in [0.15, 0.2) is 42.5 Å². The van der Waals surface area contributed by atoms with Gasteiger partial charge in [-0.1, -0.05) is 29.8 Å². The maximum absolute atomic E-state index is 15.4. The summed E-state index contributed by atoms with van der Waals surface area (Å²) >= 11 is 6.19. The van der Waals surface area contributed by atoms with E-state index in [1.807, 2.05) is 19.2 Å². The van der Waals surface area contributed by atoms with Crippen molar-refractivity contribution >= 4 is 39.3 Å². The molecule has 10 nitrogen and oxygen atoms in total. The number of halogens is 2. The number of sulfonamides is 1. The van der Waals surface area contributed by atoms with Crippen LogP contribution in [0.1, 0.15) is 68.4 Å². The Balaban J connectivity index is 1.38. The molecule has 0 spiro atoms. The van der Waals surface area contributed by atoms with Crippen molar-refractivity contribution in [3.63, 3.8) is 0 Å². The van der Waals surface area contributed by atoms with E-state index in [1.54, 1.807) is 22.5 Å². The number of hydrogen-bond acceptors (Lipinski definition) is 7. The second kappa shape index (κ2) is 16.1. The Morgan fingerprint density at radius 2 is 1.87 bits per heavy atom. The van der Waals surface area contributed by atoms with Crippen LogP contribution in [-0.4, -0.2) is 93.5 Å². The van der Waals surface area contributed by atoms with Crippen molar-refractivity contribution in [1.29, 1.82) is 0 Å². The van der Waals surface area contributed by atoms with Crippen molar-refractivity contribution in [3.8, 4) is 0 Å². The lowest BCUT2D eigenvalue weighted by molar-refractivity contribution is -0.118. The molecule has 3 aliphatic heterocycles. The molecule has 2 aromatic carbocycles. The molecule has 47 heavy (non-hydrogen) atoms. The molecule has 2 bridgehead atoms. The van der Waals surface area contributed by atoms with E-state index in [-0.39, 0.29) is 41.6 Å². The first kappa shape index (κ1) is 35.5. The number of likely N-dealkylation sites (N-methyl/N-ethyl adjacent to an activating group) is 1. The molecule has 0 radical (unpaired) electrons. The van der Waals surface area contributed by atoms with Gasteiger partial charge in [0.15, 0.2) is 0 Å². The number of nitrogens with zero attached hydrogens (tertiary/aromatic N) is 2. The predicted molar refractivity (Wildman–Crippen MR) is 180 cm³/mol. The minimum absolute atomic E-state index is 0.0531. The third-order valence-electron chi connectivity index (χ3n) is 9.84. The summed E-state index contributed by atoms with van der Waals surface area (Å²) in [6.07, 6.45) is 5.57.